The number of carbonyl (C=O) groups excluding carboxylic acids is 2. The van der Waals surface area contributed by atoms with Gasteiger partial charge in [0, 0.05) is 6.42 Å². The van der Waals surface area contributed by atoms with Crippen LogP contribution >= 0.6 is 0 Å². The minimum absolute atomic E-state index is 0.0104. The molecule has 0 aromatic heterocycles. The average Bonchev–Trinajstić information content (AvgIpc) is 3.09. The minimum Gasteiger partial charge on any atom is -0.393 e. The largest absolute Gasteiger partial charge is 0.393 e. The van der Waals surface area contributed by atoms with Crippen LogP contribution in [-0.4, -0.2) is 40.7 Å². The van der Waals surface area contributed by atoms with Gasteiger partial charge in [-0.3, -0.25) is 9.59 Å². The molecule has 4 aliphatic rings. The second kappa shape index (κ2) is 9.02. The molecule has 0 heterocycles. The highest BCUT2D eigenvalue weighted by molar-refractivity contribution is 5.84. The Morgan fingerprint density at radius 3 is 2.41 bits per heavy atom. The highest BCUT2D eigenvalue weighted by Crippen LogP contribution is 2.68. The van der Waals surface area contributed by atoms with Crippen LogP contribution < -0.4 is 5.32 Å². The molecule has 10 atom stereocenters. The smallest absolute Gasteiger partial charge is 0.220 e. The molecule has 4 fully saturated rings. The normalized spacial score (nSPS) is 46.5. The molecule has 5 heteroatoms. The lowest BCUT2D eigenvalue weighted by molar-refractivity contribution is -0.174. The number of aliphatic hydroxyl groups excluding tert-OH is 2. The van der Waals surface area contributed by atoms with Gasteiger partial charge in [-0.05, 0) is 111 Å². The van der Waals surface area contributed by atoms with Crippen molar-refractivity contribution in [2.45, 2.75) is 104 Å². The summed E-state index contributed by atoms with van der Waals surface area (Å²) >= 11 is 0. The zero-order valence-electron chi connectivity index (χ0n) is 20.6. The number of nitrogens with one attached hydrogen (secondary N) is 1. The predicted octanol–water partition coefficient (Wildman–Crippen LogP) is 4.10. The first-order valence-corrected chi connectivity index (χ1v) is 13.2. The zero-order chi connectivity index (χ0) is 23.3. The van der Waals surface area contributed by atoms with E-state index in [1.165, 1.54) is 32.6 Å². The highest BCUT2D eigenvalue weighted by atomic mass is 16.3. The van der Waals surface area contributed by atoms with Crippen molar-refractivity contribution in [1.82, 2.24) is 5.32 Å². The highest BCUT2D eigenvalue weighted by Gasteiger charge is 2.62. The lowest BCUT2D eigenvalue weighted by atomic mass is 9.43. The van der Waals surface area contributed by atoms with Gasteiger partial charge in [0.05, 0.1) is 18.8 Å². The van der Waals surface area contributed by atoms with Crippen LogP contribution in [0.25, 0.3) is 0 Å². The van der Waals surface area contributed by atoms with Crippen molar-refractivity contribution in [3.63, 3.8) is 0 Å². The van der Waals surface area contributed by atoms with Crippen molar-refractivity contribution in [2.75, 3.05) is 6.54 Å². The Kier molecular flexibility index (Phi) is 6.82. The van der Waals surface area contributed by atoms with E-state index in [4.69, 9.17) is 0 Å². The Morgan fingerprint density at radius 2 is 1.69 bits per heavy atom. The van der Waals surface area contributed by atoms with Gasteiger partial charge in [0.1, 0.15) is 5.78 Å². The third kappa shape index (κ3) is 4.17. The number of carbonyl (C=O) groups is 2. The summed E-state index contributed by atoms with van der Waals surface area (Å²) < 4.78 is 0. The topological polar surface area (TPSA) is 86.6 Å². The van der Waals surface area contributed by atoms with E-state index in [-0.39, 0.29) is 41.3 Å². The number of aliphatic hydroxyl groups is 2. The predicted molar refractivity (Wildman–Crippen MR) is 125 cm³/mol. The van der Waals surface area contributed by atoms with Gasteiger partial charge in [-0.25, -0.2) is 0 Å². The monoisotopic (exact) mass is 447 g/mol. The quantitative estimate of drug-likeness (QED) is 0.572. The lowest BCUT2D eigenvalue weighted by Gasteiger charge is -2.62. The minimum atomic E-state index is -0.237. The molecule has 0 aliphatic heterocycles. The van der Waals surface area contributed by atoms with E-state index in [2.05, 4.69) is 26.1 Å². The molecule has 3 N–H and O–H groups in total. The molecule has 32 heavy (non-hydrogen) atoms. The molecule has 0 saturated heterocycles. The Morgan fingerprint density at radius 1 is 1.00 bits per heavy atom. The Balaban J connectivity index is 1.44. The second-order valence-electron chi connectivity index (χ2n) is 12.4. The molecular formula is C27H45NO4. The van der Waals surface area contributed by atoms with Crippen molar-refractivity contribution in [3.8, 4) is 0 Å². The standard InChI is InChI=1S/C27H45NO4/c1-16(5-8-24(32)28-15-17(2)29)20-6-7-21-25-22(10-12-27(20,21)4)26(3)11-9-19(30)13-18(26)14-23(25)31/h16,18-23,25,30-31H,5-15H2,1-4H3,(H,28,32)/t16-,18?,19-,20-,21?,22?,23?,25?,26+,27-/m1/s1. The van der Waals surface area contributed by atoms with Crippen molar-refractivity contribution in [2.24, 2.45) is 46.3 Å². The molecule has 1 amide bonds. The summed E-state index contributed by atoms with van der Waals surface area (Å²) in [5.74, 6) is 3.03. The molecule has 4 aliphatic carbocycles. The molecule has 0 bridgehead atoms. The fourth-order valence-corrected chi connectivity index (χ4v) is 9.05. The van der Waals surface area contributed by atoms with Crippen LogP contribution in [0, 0.1) is 46.3 Å². The molecule has 182 valence electrons. The third-order valence-electron chi connectivity index (χ3n) is 10.8. The summed E-state index contributed by atoms with van der Waals surface area (Å²) in [5.41, 5.74) is 0.512. The zero-order valence-corrected chi connectivity index (χ0v) is 20.6. The molecule has 0 radical (unpaired) electrons. The third-order valence-corrected chi connectivity index (χ3v) is 10.8. The first kappa shape index (κ1) is 24.2. The van der Waals surface area contributed by atoms with Gasteiger partial charge in [-0.1, -0.05) is 20.8 Å². The van der Waals surface area contributed by atoms with E-state index in [9.17, 15) is 19.8 Å². The molecule has 5 nitrogen and oxygen atoms in total. The fourth-order valence-electron chi connectivity index (χ4n) is 9.05. The molecule has 0 aromatic carbocycles. The van der Waals surface area contributed by atoms with E-state index in [0.717, 1.165) is 32.1 Å². The summed E-state index contributed by atoms with van der Waals surface area (Å²) in [6.45, 7) is 8.87. The van der Waals surface area contributed by atoms with Gasteiger partial charge in [0.25, 0.3) is 0 Å². The maximum atomic E-state index is 12.1. The number of fused-ring (bicyclic) bond motifs is 5. The number of hydrogen-bond donors (Lipinski definition) is 3. The van der Waals surface area contributed by atoms with Crippen LogP contribution in [0.1, 0.15) is 91.9 Å². The van der Waals surface area contributed by atoms with Crippen LogP contribution in [0.5, 0.6) is 0 Å². The van der Waals surface area contributed by atoms with E-state index >= 15 is 0 Å². The molecular weight excluding hydrogens is 402 g/mol. The van der Waals surface area contributed by atoms with Gasteiger partial charge < -0.3 is 15.5 Å². The average molecular weight is 448 g/mol. The number of rotatable bonds is 6. The SMILES string of the molecule is CC(=O)CNC(=O)CC[C@@H](C)[C@H]1CCC2C3C(O)CC4C[C@H](O)CC[C@]4(C)C3CC[C@@]21C. The molecule has 4 saturated carbocycles. The summed E-state index contributed by atoms with van der Waals surface area (Å²) in [6.07, 6.45) is 9.49. The summed E-state index contributed by atoms with van der Waals surface area (Å²) in [4.78, 5) is 23.3. The van der Waals surface area contributed by atoms with Gasteiger partial charge in [0.2, 0.25) is 5.91 Å². The van der Waals surface area contributed by atoms with E-state index < -0.39 is 0 Å². The van der Waals surface area contributed by atoms with Crippen LogP contribution in [0.4, 0.5) is 0 Å². The number of Topliss-reactive ketones (excluding diaryl/α,β-unsaturated/α-hetero) is 1. The van der Waals surface area contributed by atoms with E-state index in [1.54, 1.807) is 0 Å². The molecule has 4 rings (SSSR count). The van der Waals surface area contributed by atoms with Gasteiger partial charge >= 0.3 is 0 Å². The van der Waals surface area contributed by atoms with E-state index in [1.807, 2.05) is 0 Å². The number of ketones is 1. The first-order chi connectivity index (χ1) is 15.1. The summed E-state index contributed by atoms with van der Waals surface area (Å²) in [6, 6.07) is 0. The molecule has 5 unspecified atom stereocenters. The van der Waals surface area contributed by atoms with Gasteiger partial charge in [0.15, 0.2) is 0 Å². The number of hydrogen-bond acceptors (Lipinski definition) is 4. The van der Waals surface area contributed by atoms with Crippen LogP contribution in [-0.2, 0) is 9.59 Å². The molecule has 0 aromatic rings. The van der Waals surface area contributed by atoms with E-state index in [0.29, 0.717) is 41.9 Å². The maximum absolute atomic E-state index is 12.1. The van der Waals surface area contributed by atoms with Gasteiger partial charge in [-0.15, -0.1) is 0 Å². The van der Waals surface area contributed by atoms with Crippen molar-refractivity contribution < 1.29 is 19.8 Å². The Hall–Kier alpha value is -0.940. The molecule has 0 spiro atoms. The van der Waals surface area contributed by atoms with Crippen LogP contribution in [0.2, 0.25) is 0 Å². The maximum Gasteiger partial charge on any atom is 0.220 e. The van der Waals surface area contributed by atoms with Crippen molar-refractivity contribution in [3.05, 3.63) is 0 Å². The Labute approximate surface area is 194 Å². The first-order valence-electron chi connectivity index (χ1n) is 13.2. The summed E-state index contributed by atoms with van der Waals surface area (Å²) in [7, 11) is 0. The summed E-state index contributed by atoms with van der Waals surface area (Å²) in [5, 5.41) is 24.3. The second-order valence-corrected chi connectivity index (χ2v) is 12.4. The fraction of sp³-hybridized carbons (Fsp3) is 0.926. The Bertz CT molecular complexity index is 724. The lowest BCUT2D eigenvalue weighted by Crippen LogP contribution is -2.58. The van der Waals surface area contributed by atoms with Gasteiger partial charge in [-0.2, -0.15) is 0 Å². The van der Waals surface area contributed by atoms with Crippen molar-refractivity contribution >= 4 is 11.7 Å². The number of amides is 1. The van der Waals surface area contributed by atoms with Crippen molar-refractivity contribution in [1.29, 1.82) is 0 Å². The van der Waals surface area contributed by atoms with Crippen LogP contribution in [0.3, 0.4) is 0 Å². The van der Waals surface area contributed by atoms with Crippen LogP contribution in [0.15, 0.2) is 0 Å².